The highest BCUT2D eigenvalue weighted by Crippen LogP contribution is 2.51. The lowest BCUT2D eigenvalue weighted by Gasteiger charge is -2.40. The van der Waals surface area contributed by atoms with E-state index in [-0.39, 0.29) is 52.0 Å². The van der Waals surface area contributed by atoms with Crippen LogP contribution in [0.4, 0.5) is 0 Å². The Kier molecular flexibility index (Phi) is 6.92. The number of phenols is 2. The third kappa shape index (κ3) is 4.30. The van der Waals surface area contributed by atoms with Gasteiger partial charge in [-0.05, 0) is 12.1 Å². The van der Waals surface area contributed by atoms with Crippen LogP contribution in [0.2, 0.25) is 0 Å². The monoisotopic (exact) mass is 494 g/mol. The Bertz CT molecular complexity index is 1100. The molecule has 2 aliphatic rings. The van der Waals surface area contributed by atoms with Crippen LogP contribution in [0.3, 0.4) is 0 Å². The highest BCUT2D eigenvalue weighted by atomic mass is 16.7. The van der Waals surface area contributed by atoms with Gasteiger partial charge in [-0.3, -0.25) is 4.79 Å². The molecule has 12 heteroatoms. The third-order valence-electron chi connectivity index (χ3n) is 5.97. The van der Waals surface area contributed by atoms with E-state index in [4.69, 9.17) is 23.7 Å². The van der Waals surface area contributed by atoms with Gasteiger partial charge in [0.1, 0.15) is 53.3 Å². The summed E-state index contributed by atoms with van der Waals surface area (Å²) in [5.74, 6) is -1.14. The maximum absolute atomic E-state index is 13.0. The largest absolute Gasteiger partial charge is 0.507 e. The van der Waals surface area contributed by atoms with Gasteiger partial charge < -0.3 is 54.3 Å². The molecule has 2 aromatic rings. The van der Waals surface area contributed by atoms with E-state index in [1.807, 2.05) is 0 Å². The van der Waals surface area contributed by atoms with Crippen molar-refractivity contribution in [1.82, 2.24) is 0 Å². The lowest BCUT2D eigenvalue weighted by atomic mass is 9.94. The number of carbonyl (C=O) groups is 1. The van der Waals surface area contributed by atoms with E-state index in [1.165, 1.54) is 38.5 Å². The molecule has 0 aliphatic carbocycles. The Labute approximate surface area is 199 Å². The number of aliphatic hydroxyl groups is 4. The smallest absolute Gasteiger partial charge is 0.229 e. The van der Waals surface area contributed by atoms with Crippen LogP contribution in [0.15, 0.2) is 24.3 Å². The van der Waals surface area contributed by atoms with Gasteiger partial charge in [-0.1, -0.05) is 6.07 Å². The molecule has 2 aromatic carbocycles. The average molecular weight is 494 g/mol. The molecule has 2 heterocycles. The van der Waals surface area contributed by atoms with E-state index < -0.39 is 49.2 Å². The van der Waals surface area contributed by atoms with E-state index >= 15 is 0 Å². The molecule has 0 spiro atoms. The quantitative estimate of drug-likeness (QED) is 0.316. The summed E-state index contributed by atoms with van der Waals surface area (Å²) in [7, 11) is 2.68. The number of hydrogen-bond acceptors (Lipinski definition) is 12. The van der Waals surface area contributed by atoms with Crippen LogP contribution < -0.4 is 18.9 Å². The first-order valence-corrected chi connectivity index (χ1v) is 10.7. The zero-order chi connectivity index (χ0) is 25.4. The maximum Gasteiger partial charge on any atom is 0.229 e. The molecule has 35 heavy (non-hydrogen) atoms. The number of Topliss-reactive ketones (excluding diaryl/α,β-unsaturated/α-hetero) is 1. The van der Waals surface area contributed by atoms with Gasteiger partial charge in [-0.2, -0.15) is 0 Å². The molecule has 0 amide bonds. The lowest BCUT2D eigenvalue weighted by molar-refractivity contribution is -0.277. The van der Waals surface area contributed by atoms with Crippen molar-refractivity contribution >= 4 is 5.78 Å². The summed E-state index contributed by atoms with van der Waals surface area (Å²) < 4.78 is 27.6. The van der Waals surface area contributed by atoms with E-state index in [0.29, 0.717) is 0 Å². The van der Waals surface area contributed by atoms with Crippen LogP contribution in [0.5, 0.6) is 34.5 Å². The molecule has 0 aromatic heterocycles. The molecular formula is C23H26O12. The molecule has 12 nitrogen and oxygen atoms in total. The van der Waals surface area contributed by atoms with Gasteiger partial charge in [0.2, 0.25) is 12.0 Å². The Hall–Kier alpha value is -3.29. The number of carbonyl (C=O) groups excluding carboxylic acids is 1. The summed E-state index contributed by atoms with van der Waals surface area (Å²) in [4.78, 5) is 13.0. The normalized spacial score (nSPS) is 28.1. The summed E-state index contributed by atoms with van der Waals surface area (Å²) >= 11 is 0. The minimum Gasteiger partial charge on any atom is -0.507 e. The van der Waals surface area contributed by atoms with Crippen LogP contribution in [0.1, 0.15) is 28.4 Å². The van der Waals surface area contributed by atoms with Crippen LogP contribution in [0.25, 0.3) is 0 Å². The second-order valence-electron chi connectivity index (χ2n) is 8.07. The molecule has 2 aliphatic heterocycles. The highest BCUT2D eigenvalue weighted by molar-refractivity contribution is 6.04. The minimum absolute atomic E-state index is 0.0211. The zero-order valence-corrected chi connectivity index (χ0v) is 18.8. The van der Waals surface area contributed by atoms with Gasteiger partial charge in [0, 0.05) is 6.07 Å². The van der Waals surface area contributed by atoms with Crippen molar-refractivity contribution in [3.8, 4) is 34.5 Å². The van der Waals surface area contributed by atoms with Crippen molar-refractivity contribution in [1.29, 1.82) is 0 Å². The molecule has 190 valence electrons. The fourth-order valence-corrected chi connectivity index (χ4v) is 4.19. The topological polar surface area (TPSA) is 185 Å². The van der Waals surface area contributed by atoms with E-state index in [1.54, 1.807) is 0 Å². The molecule has 6 atom stereocenters. The van der Waals surface area contributed by atoms with Crippen molar-refractivity contribution in [3.63, 3.8) is 0 Å². The first kappa shape index (κ1) is 24.8. The molecule has 1 saturated heterocycles. The number of hydrogen-bond donors (Lipinski definition) is 6. The Morgan fingerprint density at radius 1 is 1.00 bits per heavy atom. The van der Waals surface area contributed by atoms with Crippen molar-refractivity contribution in [2.45, 2.75) is 43.2 Å². The number of fused-ring (bicyclic) bond motifs is 1. The zero-order valence-electron chi connectivity index (χ0n) is 18.8. The summed E-state index contributed by atoms with van der Waals surface area (Å²) in [5, 5.41) is 60.8. The fourth-order valence-electron chi connectivity index (χ4n) is 4.19. The first-order valence-electron chi connectivity index (χ1n) is 10.7. The van der Waals surface area contributed by atoms with E-state index in [0.717, 1.165) is 0 Å². The number of aromatic hydroxyl groups is 2. The van der Waals surface area contributed by atoms with Crippen molar-refractivity contribution < 1.29 is 59.1 Å². The Morgan fingerprint density at radius 2 is 1.74 bits per heavy atom. The third-order valence-corrected chi connectivity index (χ3v) is 5.97. The van der Waals surface area contributed by atoms with Gasteiger partial charge in [-0.15, -0.1) is 0 Å². The van der Waals surface area contributed by atoms with Crippen LogP contribution in [-0.4, -0.2) is 88.0 Å². The van der Waals surface area contributed by atoms with Crippen molar-refractivity contribution in [3.05, 3.63) is 35.4 Å². The van der Waals surface area contributed by atoms with Gasteiger partial charge in [-0.25, -0.2) is 0 Å². The summed E-state index contributed by atoms with van der Waals surface area (Å²) in [6.45, 7) is -0.653. The second kappa shape index (κ2) is 9.76. The lowest BCUT2D eigenvalue weighted by Crippen LogP contribution is -2.60. The summed E-state index contributed by atoms with van der Waals surface area (Å²) in [6.07, 6.45) is -9.10. The average Bonchev–Trinajstić information content (AvgIpc) is 2.83. The van der Waals surface area contributed by atoms with Crippen molar-refractivity contribution in [2.24, 2.45) is 0 Å². The molecule has 6 unspecified atom stereocenters. The molecule has 6 N–H and O–H groups in total. The predicted molar refractivity (Wildman–Crippen MR) is 116 cm³/mol. The van der Waals surface area contributed by atoms with Gasteiger partial charge >= 0.3 is 0 Å². The molecule has 4 rings (SSSR count). The molecular weight excluding hydrogens is 468 g/mol. The molecule has 0 bridgehead atoms. The van der Waals surface area contributed by atoms with E-state index in [2.05, 4.69) is 0 Å². The molecule has 0 saturated carbocycles. The Morgan fingerprint density at radius 3 is 2.40 bits per heavy atom. The number of aliphatic hydroxyl groups excluding tert-OH is 4. The molecule has 0 radical (unpaired) electrons. The van der Waals surface area contributed by atoms with Gasteiger partial charge in [0.05, 0.1) is 32.8 Å². The van der Waals surface area contributed by atoms with Crippen LogP contribution in [0, 0.1) is 0 Å². The number of ether oxygens (including phenoxy) is 5. The highest BCUT2D eigenvalue weighted by Gasteiger charge is 2.45. The summed E-state index contributed by atoms with van der Waals surface area (Å²) in [5.41, 5.74) is -0.0847. The minimum atomic E-state index is -1.70. The number of rotatable bonds is 6. The first-order chi connectivity index (χ1) is 16.7. The standard InChI is InChI=1S/C23H26O12/c1-31-14-7-11(27)16-10(26)6-13(33-22(16)21(14)32-2)17-9(25)4-3-5-12(17)34-23-20(30)19(29)18(28)15(8-24)35-23/h3-5,7,13,15,18-20,23-25,27-30H,6,8H2,1-2H3. The predicted octanol–water partition coefficient (Wildman–Crippen LogP) is 0.000200. The SMILES string of the molecule is COc1cc(O)c2c(c1OC)OC(c1c(O)cccc1OC1OC(CO)C(O)C(O)C1O)CC2=O. The van der Waals surface area contributed by atoms with Crippen LogP contribution in [-0.2, 0) is 4.74 Å². The number of benzene rings is 2. The second-order valence-corrected chi connectivity index (χ2v) is 8.07. The van der Waals surface area contributed by atoms with Gasteiger partial charge in [0.15, 0.2) is 17.3 Å². The Balaban J connectivity index is 1.72. The fraction of sp³-hybridized carbons (Fsp3) is 0.435. The van der Waals surface area contributed by atoms with E-state index in [9.17, 15) is 35.4 Å². The van der Waals surface area contributed by atoms with Crippen molar-refractivity contribution in [2.75, 3.05) is 20.8 Å². The summed E-state index contributed by atoms with van der Waals surface area (Å²) in [6, 6.07) is 5.42. The number of methoxy groups -OCH3 is 2. The van der Waals surface area contributed by atoms with Crippen LogP contribution >= 0.6 is 0 Å². The number of phenolic OH excluding ortho intramolecular Hbond substituents is 2. The molecule has 1 fully saturated rings. The maximum atomic E-state index is 13.0. The van der Waals surface area contributed by atoms with Gasteiger partial charge in [0.25, 0.3) is 0 Å². The number of ketones is 1.